The summed E-state index contributed by atoms with van der Waals surface area (Å²) in [5, 5.41) is 3.05. The van der Waals surface area contributed by atoms with E-state index < -0.39 is 0 Å². The largest absolute Gasteiger partial charge is 0.326 e. The first-order valence-corrected chi connectivity index (χ1v) is 8.40. The number of hydrogen-bond acceptors (Lipinski definition) is 2. The summed E-state index contributed by atoms with van der Waals surface area (Å²) in [7, 11) is 0. The molecule has 0 bridgehead atoms. The molecule has 1 saturated carbocycles. The van der Waals surface area contributed by atoms with E-state index in [-0.39, 0.29) is 11.9 Å². The molecule has 0 aromatic heterocycles. The van der Waals surface area contributed by atoms with Crippen LogP contribution in [0.3, 0.4) is 0 Å². The second kappa shape index (κ2) is 6.18. The molecule has 3 rings (SSSR count). The van der Waals surface area contributed by atoms with Crippen molar-refractivity contribution in [1.29, 1.82) is 0 Å². The second-order valence-electron chi connectivity index (χ2n) is 6.54. The topological polar surface area (TPSA) is 55.1 Å². The van der Waals surface area contributed by atoms with Gasteiger partial charge in [0.1, 0.15) is 0 Å². The second-order valence-corrected chi connectivity index (χ2v) is 6.54. The molecule has 3 heteroatoms. The van der Waals surface area contributed by atoms with Crippen LogP contribution >= 0.6 is 0 Å². The van der Waals surface area contributed by atoms with E-state index in [1.165, 1.54) is 48.8 Å². The lowest BCUT2D eigenvalue weighted by Crippen LogP contribution is -2.25. The summed E-state index contributed by atoms with van der Waals surface area (Å²) in [4.78, 5) is 11.6. The number of nitrogens with one attached hydrogen (secondary N) is 1. The highest BCUT2D eigenvalue weighted by molar-refractivity contribution is 5.95. The van der Waals surface area contributed by atoms with Crippen LogP contribution in [0.2, 0.25) is 0 Å². The summed E-state index contributed by atoms with van der Waals surface area (Å²) in [6.07, 6.45) is 8.90. The van der Waals surface area contributed by atoms with Gasteiger partial charge in [0.2, 0.25) is 5.91 Å². The lowest BCUT2D eigenvalue weighted by molar-refractivity contribution is -0.116. The van der Waals surface area contributed by atoms with E-state index in [0.29, 0.717) is 12.3 Å². The van der Waals surface area contributed by atoms with E-state index in [0.717, 1.165) is 18.5 Å². The summed E-state index contributed by atoms with van der Waals surface area (Å²) in [5.74, 6) is 0.765. The number of rotatable bonds is 3. The Balaban J connectivity index is 1.90. The van der Waals surface area contributed by atoms with Gasteiger partial charge in [0, 0.05) is 18.2 Å². The first-order valence-electron chi connectivity index (χ1n) is 8.40. The van der Waals surface area contributed by atoms with Crippen LogP contribution in [-0.2, 0) is 17.6 Å². The minimum absolute atomic E-state index is 0.140. The molecule has 3 nitrogen and oxygen atoms in total. The van der Waals surface area contributed by atoms with Crippen LogP contribution < -0.4 is 11.1 Å². The summed E-state index contributed by atoms with van der Waals surface area (Å²) in [5.41, 5.74) is 11.4. The maximum atomic E-state index is 11.6. The van der Waals surface area contributed by atoms with Crippen LogP contribution in [0.15, 0.2) is 12.1 Å². The van der Waals surface area contributed by atoms with Crippen molar-refractivity contribution in [3.05, 3.63) is 28.8 Å². The maximum Gasteiger partial charge on any atom is 0.224 e. The Morgan fingerprint density at radius 2 is 2.00 bits per heavy atom. The minimum atomic E-state index is 0.140. The third-order valence-electron chi connectivity index (χ3n) is 5.13. The zero-order valence-electron chi connectivity index (χ0n) is 13.0. The molecule has 1 unspecified atom stereocenters. The van der Waals surface area contributed by atoms with Crippen molar-refractivity contribution in [1.82, 2.24) is 0 Å². The van der Waals surface area contributed by atoms with Crippen LogP contribution in [-0.4, -0.2) is 5.91 Å². The number of benzene rings is 1. The minimum Gasteiger partial charge on any atom is -0.326 e. The van der Waals surface area contributed by atoms with Crippen LogP contribution in [0.5, 0.6) is 0 Å². The average molecular weight is 286 g/mol. The SMILES string of the molecule is CCc1cc(C(N)C2CCCCC2)cc2c1NC(=O)CC2. The highest BCUT2D eigenvalue weighted by Gasteiger charge is 2.25. The van der Waals surface area contributed by atoms with Crippen molar-refractivity contribution >= 4 is 11.6 Å². The van der Waals surface area contributed by atoms with Gasteiger partial charge in [-0.2, -0.15) is 0 Å². The van der Waals surface area contributed by atoms with Crippen molar-refractivity contribution < 1.29 is 4.79 Å². The van der Waals surface area contributed by atoms with E-state index in [1.54, 1.807) is 0 Å². The molecule has 3 N–H and O–H groups in total. The molecule has 1 aromatic carbocycles. The molecular weight excluding hydrogens is 260 g/mol. The van der Waals surface area contributed by atoms with Gasteiger partial charge in [0.15, 0.2) is 0 Å². The Bertz CT molecular complexity index is 515. The van der Waals surface area contributed by atoms with Gasteiger partial charge in [0.25, 0.3) is 0 Å². The standard InChI is InChI=1S/C18H26N2O/c1-2-12-10-15(17(19)13-6-4-3-5-7-13)11-14-8-9-16(21)20-18(12)14/h10-11,13,17H,2-9,19H2,1H3,(H,20,21). The number of nitrogens with two attached hydrogens (primary N) is 1. The van der Waals surface area contributed by atoms with Gasteiger partial charge in [0.05, 0.1) is 0 Å². The lowest BCUT2D eigenvalue weighted by Gasteiger charge is -2.29. The van der Waals surface area contributed by atoms with E-state index in [1.807, 2.05) is 0 Å². The van der Waals surface area contributed by atoms with Gasteiger partial charge in [-0.15, -0.1) is 0 Å². The molecule has 114 valence electrons. The number of amides is 1. The van der Waals surface area contributed by atoms with Crippen molar-refractivity contribution in [2.45, 2.75) is 64.3 Å². The quantitative estimate of drug-likeness (QED) is 0.890. The Hall–Kier alpha value is -1.35. The fraction of sp³-hybridized carbons (Fsp3) is 0.611. The highest BCUT2D eigenvalue weighted by Crippen LogP contribution is 2.36. The van der Waals surface area contributed by atoms with Gasteiger partial charge in [-0.3, -0.25) is 4.79 Å². The number of fused-ring (bicyclic) bond motifs is 1. The molecule has 0 saturated heterocycles. The zero-order valence-corrected chi connectivity index (χ0v) is 13.0. The zero-order chi connectivity index (χ0) is 14.8. The summed E-state index contributed by atoms with van der Waals surface area (Å²) < 4.78 is 0. The maximum absolute atomic E-state index is 11.6. The number of aryl methyl sites for hydroxylation is 2. The van der Waals surface area contributed by atoms with Crippen molar-refractivity contribution in [3.8, 4) is 0 Å². The Morgan fingerprint density at radius 3 is 2.71 bits per heavy atom. The van der Waals surface area contributed by atoms with Crippen molar-refractivity contribution in [3.63, 3.8) is 0 Å². The third-order valence-corrected chi connectivity index (χ3v) is 5.13. The molecular formula is C18H26N2O. The summed E-state index contributed by atoms with van der Waals surface area (Å²) in [6, 6.07) is 4.62. The molecule has 1 aliphatic heterocycles. The van der Waals surface area contributed by atoms with Crippen molar-refractivity contribution in [2.75, 3.05) is 5.32 Å². The lowest BCUT2D eigenvalue weighted by atomic mass is 9.80. The molecule has 1 aromatic rings. The van der Waals surface area contributed by atoms with Gasteiger partial charge in [-0.25, -0.2) is 0 Å². The van der Waals surface area contributed by atoms with Gasteiger partial charge in [-0.1, -0.05) is 38.3 Å². The Morgan fingerprint density at radius 1 is 1.24 bits per heavy atom. The molecule has 1 amide bonds. The van der Waals surface area contributed by atoms with Gasteiger partial charge in [-0.05, 0) is 48.3 Å². The van der Waals surface area contributed by atoms with Gasteiger partial charge >= 0.3 is 0 Å². The number of anilines is 1. The molecule has 0 radical (unpaired) electrons. The average Bonchev–Trinajstić information content (AvgIpc) is 2.54. The van der Waals surface area contributed by atoms with E-state index in [9.17, 15) is 4.79 Å². The molecule has 2 aliphatic rings. The predicted molar refractivity (Wildman–Crippen MR) is 86.3 cm³/mol. The molecule has 1 aliphatic carbocycles. The van der Waals surface area contributed by atoms with Crippen LogP contribution in [0.25, 0.3) is 0 Å². The monoisotopic (exact) mass is 286 g/mol. The van der Waals surface area contributed by atoms with E-state index >= 15 is 0 Å². The predicted octanol–water partition coefficient (Wildman–Crippen LogP) is 3.71. The fourth-order valence-corrected chi connectivity index (χ4v) is 3.84. The summed E-state index contributed by atoms with van der Waals surface area (Å²) >= 11 is 0. The molecule has 0 spiro atoms. The third kappa shape index (κ3) is 2.98. The number of carbonyl (C=O) groups excluding carboxylic acids is 1. The molecule has 1 heterocycles. The molecule has 1 fully saturated rings. The number of hydrogen-bond donors (Lipinski definition) is 2. The van der Waals surface area contributed by atoms with E-state index in [2.05, 4.69) is 24.4 Å². The first-order chi connectivity index (χ1) is 10.2. The summed E-state index contributed by atoms with van der Waals surface area (Å²) in [6.45, 7) is 2.15. The number of carbonyl (C=O) groups is 1. The normalized spacial score (nSPS) is 20.8. The van der Waals surface area contributed by atoms with Crippen LogP contribution in [0, 0.1) is 5.92 Å². The first kappa shape index (κ1) is 14.6. The van der Waals surface area contributed by atoms with Crippen LogP contribution in [0.4, 0.5) is 5.69 Å². The highest BCUT2D eigenvalue weighted by atomic mass is 16.1. The molecule has 21 heavy (non-hydrogen) atoms. The molecule has 1 atom stereocenters. The smallest absolute Gasteiger partial charge is 0.224 e. The van der Waals surface area contributed by atoms with E-state index in [4.69, 9.17) is 5.73 Å². The fourth-order valence-electron chi connectivity index (χ4n) is 3.84. The van der Waals surface area contributed by atoms with Gasteiger partial charge < -0.3 is 11.1 Å². The van der Waals surface area contributed by atoms with Crippen molar-refractivity contribution in [2.24, 2.45) is 11.7 Å². The Kier molecular flexibility index (Phi) is 4.29. The van der Waals surface area contributed by atoms with Crippen LogP contribution in [0.1, 0.15) is 68.2 Å². The Labute approximate surface area is 127 Å².